The van der Waals surface area contributed by atoms with Crippen molar-refractivity contribution in [2.45, 2.75) is 6.54 Å². The first-order valence-electron chi connectivity index (χ1n) is 12.6. The predicted octanol–water partition coefficient (Wildman–Crippen LogP) is 1.36. The van der Waals surface area contributed by atoms with Gasteiger partial charge in [0.15, 0.2) is 0 Å². The van der Waals surface area contributed by atoms with E-state index < -0.39 is 0 Å². The second-order valence-corrected chi connectivity index (χ2v) is 8.13. The van der Waals surface area contributed by atoms with Gasteiger partial charge in [0, 0.05) is 37.4 Å². The minimum Gasteiger partial charge on any atom is -0.497 e. The Morgan fingerprint density at radius 1 is 0.897 bits per heavy atom. The number of benzene rings is 2. The summed E-state index contributed by atoms with van der Waals surface area (Å²) in [5.41, 5.74) is 7.46. The molecule has 0 saturated heterocycles. The molecule has 1 heterocycles. The maximum absolute atomic E-state index is 12.6. The summed E-state index contributed by atoms with van der Waals surface area (Å²) in [6, 6.07) is 14.6. The Bertz CT molecular complexity index is 1150. The first-order chi connectivity index (χ1) is 19.1. The van der Waals surface area contributed by atoms with Crippen LogP contribution in [0.25, 0.3) is 0 Å². The van der Waals surface area contributed by atoms with Crippen molar-refractivity contribution < 1.29 is 24.1 Å². The number of nitrogens with two attached hydrogens (primary N) is 1. The van der Waals surface area contributed by atoms with Gasteiger partial charge in [-0.05, 0) is 35.9 Å². The highest BCUT2D eigenvalue weighted by Crippen LogP contribution is 2.18. The number of aromatic nitrogens is 3. The van der Waals surface area contributed by atoms with Gasteiger partial charge in [0.1, 0.15) is 5.75 Å². The van der Waals surface area contributed by atoms with Crippen LogP contribution >= 0.6 is 0 Å². The zero-order valence-electron chi connectivity index (χ0n) is 22.0. The molecule has 1 aromatic heterocycles. The van der Waals surface area contributed by atoms with Crippen molar-refractivity contribution >= 4 is 29.4 Å². The fourth-order valence-electron chi connectivity index (χ4n) is 3.29. The molecular weight excluding hydrogens is 504 g/mol. The molecule has 0 atom stereocenters. The number of nitrogens with one attached hydrogen (secondary N) is 4. The number of hydrogen-bond donors (Lipinski definition) is 6. The third-order valence-corrected chi connectivity index (χ3v) is 5.19. The first kappa shape index (κ1) is 29.5. The quantitative estimate of drug-likeness (QED) is 0.128. The number of ether oxygens (including phenoxy) is 3. The van der Waals surface area contributed by atoms with Gasteiger partial charge in [0.25, 0.3) is 5.91 Å². The van der Waals surface area contributed by atoms with Crippen molar-refractivity contribution in [1.29, 1.82) is 0 Å². The number of carbonyl (C=O) groups is 1. The molecule has 2 aromatic carbocycles. The number of rotatable bonds is 18. The molecule has 210 valence electrons. The fraction of sp³-hybridized carbons (Fsp3) is 0.385. The Morgan fingerprint density at radius 3 is 2.33 bits per heavy atom. The first-order valence-corrected chi connectivity index (χ1v) is 12.6. The summed E-state index contributed by atoms with van der Waals surface area (Å²) < 4.78 is 15.9. The monoisotopic (exact) mass is 540 g/mol. The normalized spacial score (nSPS) is 10.6. The van der Waals surface area contributed by atoms with E-state index in [1.54, 1.807) is 31.4 Å². The number of nitrogens with zero attached hydrogens (tertiary/aromatic N) is 3. The summed E-state index contributed by atoms with van der Waals surface area (Å²) in [5, 5.41) is 21.3. The Hall–Kier alpha value is -4.04. The molecule has 7 N–H and O–H groups in total. The molecule has 0 fully saturated rings. The third-order valence-electron chi connectivity index (χ3n) is 5.19. The smallest absolute Gasteiger partial charge is 0.251 e. The molecule has 39 heavy (non-hydrogen) atoms. The Labute approximate surface area is 227 Å². The topological polar surface area (TPSA) is 178 Å². The predicted molar refractivity (Wildman–Crippen MR) is 148 cm³/mol. The van der Waals surface area contributed by atoms with Gasteiger partial charge in [-0.15, -0.1) is 0 Å². The minimum atomic E-state index is -0.232. The fourth-order valence-corrected chi connectivity index (χ4v) is 3.29. The van der Waals surface area contributed by atoms with Gasteiger partial charge >= 0.3 is 0 Å². The molecule has 0 aliphatic rings. The van der Waals surface area contributed by atoms with E-state index in [1.807, 2.05) is 24.3 Å². The van der Waals surface area contributed by atoms with Crippen LogP contribution in [0, 0.1) is 0 Å². The van der Waals surface area contributed by atoms with Crippen LogP contribution in [0.15, 0.2) is 48.5 Å². The Morgan fingerprint density at radius 2 is 1.62 bits per heavy atom. The lowest BCUT2D eigenvalue weighted by atomic mass is 10.2. The number of aliphatic hydroxyl groups excluding tert-OH is 1. The highest BCUT2D eigenvalue weighted by molar-refractivity contribution is 5.95. The number of carbonyl (C=O) groups excluding carboxylic acids is 1. The number of methoxy groups -OCH3 is 1. The van der Waals surface area contributed by atoms with E-state index >= 15 is 0 Å². The molecule has 1 amide bonds. The molecule has 0 aliphatic heterocycles. The summed E-state index contributed by atoms with van der Waals surface area (Å²) in [6.07, 6.45) is 0. The molecule has 13 heteroatoms. The maximum Gasteiger partial charge on any atom is 0.251 e. The molecule has 3 rings (SSSR count). The van der Waals surface area contributed by atoms with Crippen molar-refractivity contribution in [3.8, 4) is 5.75 Å². The summed E-state index contributed by atoms with van der Waals surface area (Å²) in [5.74, 6) is 1.44. The molecule has 3 aromatic rings. The summed E-state index contributed by atoms with van der Waals surface area (Å²) in [4.78, 5) is 25.8. The van der Waals surface area contributed by atoms with Crippen LogP contribution in [0.1, 0.15) is 15.9 Å². The molecular formula is C26H36N8O5. The minimum absolute atomic E-state index is 0.0761. The lowest BCUT2D eigenvalue weighted by Crippen LogP contribution is -2.27. The summed E-state index contributed by atoms with van der Waals surface area (Å²) >= 11 is 0. The van der Waals surface area contributed by atoms with Crippen LogP contribution < -0.4 is 31.7 Å². The average molecular weight is 541 g/mol. The molecule has 0 radical (unpaired) electrons. The second kappa shape index (κ2) is 16.7. The number of anilines is 4. The van der Waals surface area contributed by atoms with Crippen LogP contribution in [-0.2, 0) is 16.0 Å². The summed E-state index contributed by atoms with van der Waals surface area (Å²) in [7, 11) is 1.62. The second-order valence-electron chi connectivity index (χ2n) is 8.13. The van der Waals surface area contributed by atoms with E-state index in [1.165, 1.54) is 0 Å². The number of amides is 1. The van der Waals surface area contributed by atoms with Gasteiger partial charge in [-0.2, -0.15) is 15.0 Å². The van der Waals surface area contributed by atoms with Crippen molar-refractivity contribution in [2.75, 3.05) is 75.7 Å². The summed E-state index contributed by atoms with van der Waals surface area (Å²) in [6.45, 7) is 3.29. The molecule has 0 spiro atoms. The maximum atomic E-state index is 12.6. The van der Waals surface area contributed by atoms with Gasteiger partial charge in [-0.25, -0.2) is 0 Å². The van der Waals surface area contributed by atoms with Crippen LogP contribution in [0.4, 0.5) is 23.5 Å². The van der Waals surface area contributed by atoms with Crippen LogP contribution in [0.3, 0.4) is 0 Å². The van der Waals surface area contributed by atoms with Crippen LogP contribution in [0.2, 0.25) is 0 Å². The average Bonchev–Trinajstić information content (AvgIpc) is 2.96. The van der Waals surface area contributed by atoms with E-state index in [4.69, 9.17) is 19.9 Å². The molecule has 0 bridgehead atoms. The van der Waals surface area contributed by atoms with Crippen molar-refractivity contribution in [3.63, 3.8) is 0 Å². The van der Waals surface area contributed by atoms with Gasteiger partial charge in [0.2, 0.25) is 17.8 Å². The zero-order chi connectivity index (χ0) is 27.7. The van der Waals surface area contributed by atoms with E-state index in [-0.39, 0.29) is 25.0 Å². The standard InChI is InChI=1S/C26H36N8O5/c1-37-22-7-5-19(6-8-22)18-30-25-32-24(29-10-12-35)33-26(34-25)31-21-4-2-3-20(17-21)23(36)28-11-14-39-16-15-38-13-9-27/h2-8,17,35H,9-16,18,27H2,1H3,(H,28,36)(H3,29,30,31,32,33,34). The van der Waals surface area contributed by atoms with E-state index in [0.29, 0.717) is 69.2 Å². The van der Waals surface area contributed by atoms with E-state index in [9.17, 15) is 9.90 Å². The van der Waals surface area contributed by atoms with E-state index in [0.717, 1.165) is 11.3 Å². The lowest BCUT2D eigenvalue weighted by Gasteiger charge is -2.12. The van der Waals surface area contributed by atoms with Crippen LogP contribution in [0.5, 0.6) is 5.75 Å². The Kier molecular flexibility index (Phi) is 12.7. The largest absolute Gasteiger partial charge is 0.497 e. The highest BCUT2D eigenvalue weighted by Gasteiger charge is 2.10. The van der Waals surface area contributed by atoms with Crippen LogP contribution in [-0.4, -0.2) is 85.7 Å². The molecule has 13 nitrogen and oxygen atoms in total. The van der Waals surface area contributed by atoms with Gasteiger partial charge < -0.3 is 46.3 Å². The van der Waals surface area contributed by atoms with Gasteiger partial charge in [-0.3, -0.25) is 4.79 Å². The lowest BCUT2D eigenvalue weighted by molar-refractivity contribution is 0.0511. The SMILES string of the molecule is COc1ccc(CNc2nc(NCCO)nc(Nc3cccc(C(=O)NCCOCCOCCN)c3)n2)cc1. The number of hydrogen-bond acceptors (Lipinski definition) is 12. The van der Waals surface area contributed by atoms with E-state index in [2.05, 4.69) is 36.2 Å². The third kappa shape index (κ3) is 10.7. The zero-order valence-corrected chi connectivity index (χ0v) is 22.0. The molecule has 0 unspecified atom stereocenters. The van der Waals surface area contributed by atoms with Crippen molar-refractivity contribution in [3.05, 3.63) is 59.7 Å². The van der Waals surface area contributed by atoms with Crippen molar-refractivity contribution in [2.24, 2.45) is 5.73 Å². The Balaban J connectivity index is 1.59. The highest BCUT2D eigenvalue weighted by atomic mass is 16.5. The molecule has 0 saturated carbocycles. The molecule has 0 aliphatic carbocycles. The van der Waals surface area contributed by atoms with Gasteiger partial charge in [0.05, 0.1) is 40.1 Å². The van der Waals surface area contributed by atoms with Crippen molar-refractivity contribution in [1.82, 2.24) is 20.3 Å². The van der Waals surface area contributed by atoms with Gasteiger partial charge in [-0.1, -0.05) is 18.2 Å². The number of aliphatic hydroxyl groups is 1.